The maximum atomic E-state index is 5.68. The molecule has 0 bridgehead atoms. The summed E-state index contributed by atoms with van der Waals surface area (Å²) in [6.45, 7) is 2.56. The Labute approximate surface area is 101 Å². The molecule has 0 radical (unpaired) electrons. The minimum atomic E-state index is 0.529. The van der Waals surface area contributed by atoms with E-state index in [0.29, 0.717) is 6.61 Å². The molecule has 1 aromatic heterocycles. The van der Waals surface area contributed by atoms with Crippen LogP contribution in [0.1, 0.15) is 11.3 Å². The maximum absolute atomic E-state index is 5.68. The second-order valence-corrected chi connectivity index (χ2v) is 4.81. The van der Waals surface area contributed by atoms with Crippen molar-refractivity contribution in [2.24, 2.45) is 0 Å². The molecular weight excluding hydrogens is 274 g/mol. The Bertz CT molecular complexity index is 442. The van der Waals surface area contributed by atoms with Crippen LogP contribution in [-0.2, 0) is 6.61 Å². The van der Waals surface area contributed by atoms with Gasteiger partial charge in [-0.2, -0.15) is 0 Å². The number of benzene rings is 1. The van der Waals surface area contributed by atoms with Crippen LogP contribution < -0.4 is 4.74 Å². The van der Waals surface area contributed by atoms with Gasteiger partial charge < -0.3 is 4.74 Å². The predicted octanol–water partition coefficient (Wildman–Crippen LogP) is 3.79. The van der Waals surface area contributed by atoms with Crippen LogP contribution in [0.2, 0.25) is 0 Å². The second kappa shape index (κ2) is 4.77. The monoisotopic (exact) mass is 283 g/mol. The molecule has 0 aliphatic carbocycles. The van der Waals surface area contributed by atoms with Gasteiger partial charge in [0, 0.05) is 9.85 Å². The summed E-state index contributed by atoms with van der Waals surface area (Å²) < 4.78 is 6.71. The number of ether oxygens (including phenoxy) is 1. The third-order valence-corrected chi connectivity index (χ3v) is 3.14. The first-order valence-corrected chi connectivity index (χ1v) is 6.25. The highest BCUT2D eigenvalue weighted by Gasteiger charge is 2.01. The summed E-state index contributed by atoms with van der Waals surface area (Å²) in [5.41, 5.74) is 3.92. The zero-order valence-electron chi connectivity index (χ0n) is 8.24. The van der Waals surface area contributed by atoms with Gasteiger partial charge in [0.15, 0.2) is 0 Å². The SMILES string of the molecule is Cc1ccc(Br)cc1OCc1cscn1. The molecule has 78 valence electrons. The first-order valence-electron chi connectivity index (χ1n) is 4.52. The molecule has 0 saturated carbocycles. The second-order valence-electron chi connectivity index (χ2n) is 3.18. The first kappa shape index (κ1) is 10.6. The Balaban J connectivity index is 2.07. The van der Waals surface area contributed by atoms with Gasteiger partial charge in [0.25, 0.3) is 0 Å². The fourth-order valence-electron chi connectivity index (χ4n) is 1.19. The predicted molar refractivity (Wildman–Crippen MR) is 65.3 cm³/mol. The molecule has 1 heterocycles. The third-order valence-electron chi connectivity index (χ3n) is 2.01. The molecule has 0 amide bonds. The zero-order valence-corrected chi connectivity index (χ0v) is 10.6. The minimum Gasteiger partial charge on any atom is -0.487 e. The molecule has 0 spiro atoms. The molecule has 4 heteroatoms. The van der Waals surface area contributed by atoms with Gasteiger partial charge in [-0.05, 0) is 24.6 Å². The van der Waals surface area contributed by atoms with Crippen LogP contribution in [-0.4, -0.2) is 4.98 Å². The van der Waals surface area contributed by atoms with Gasteiger partial charge in [-0.25, -0.2) is 4.98 Å². The Morgan fingerprint density at radius 1 is 1.47 bits per heavy atom. The molecule has 2 aromatic rings. The normalized spacial score (nSPS) is 10.3. The van der Waals surface area contributed by atoms with E-state index in [-0.39, 0.29) is 0 Å². The number of aryl methyl sites for hydroxylation is 1. The van der Waals surface area contributed by atoms with E-state index in [1.165, 1.54) is 0 Å². The van der Waals surface area contributed by atoms with Crippen LogP contribution >= 0.6 is 27.3 Å². The number of rotatable bonds is 3. The summed E-state index contributed by atoms with van der Waals surface area (Å²) in [5, 5.41) is 1.99. The van der Waals surface area contributed by atoms with Gasteiger partial charge >= 0.3 is 0 Å². The average molecular weight is 284 g/mol. The zero-order chi connectivity index (χ0) is 10.7. The molecule has 0 aliphatic heterocycles. The van der Waals surface area contributed by atoms with Gasteiger partial charge in [-0.15, -0.1) is 11.3 Å². The van der Waals surface area contributed by atoms with Crippen LogP contribution in [0.25, 0.3) is 0 Å². The van der Waals surface area contributed by atoms with Crippen molar-refractivity contribution in [3.05, 3.63) is 44.8 Å². The Hall–Kier alpha value is -0.870. The largest absolute Gasteiger partial charge is 0.487 e. The van der Waals surface area contributed by atoms with E-state index in [0.717, 1.165) is 21.5 Å². The molecule has 0 aliphatic rings. The van der Waals surface area contributed by atoms with Crippen LogP contribution in [0.5, 0.6) is 5.75 Å². The van der Waals surface area contributed by atoms with E-state index < -0.39 is 0 Å². The van der Waals surface area contributed by atoms with Crippen LogP contribution in [0.4, 0.5) is 0 Å². The van der Waals surface area contributed by atoms with E-state index in [9.17, 15) is 0 Å². The molecule has 0 atom stereocenters. The average Bonchev–Trinajstić information content (AvgIpc) is 2.72. The molecule has 0 fully saturated rings. The van der Waals surface area contributed by atoms with Crippen LogP contribution in [0.15, 0.2) is 33.6 Å². The van der Waals surface area contributed by atoms with Gasteiger partial charge in [-0.3, -0.25) is 0 Å². The minimum absolute atomic E-state index is 0.529. The molecule has 0 saturated heterocycles. The molecule has 0 N–H and O–H groups in total. The maximum Gasteiger partial charge on any atom is 0.131 e. The molecule has 2 rings (SSSR count). The molecule has 15 heavy (non-hydrogen) atoms. The Morgan fingerprint density at radius 2 is 2.33 bits per heavy atom. The molecule has 1 aromatic carbocycles. The van der Waals surface area contributed by atoms with E-state index in [1.807, 2.05) is 36.0 Å². The van der Waals surface area contributed by atoms with E-state index in [1.54, 1.807) is 11.3 Å². The van der Waals surface area contributed by atoms with Crippen molar-refractivity contribution in [2.45, 2.75) is 13.5 Å². The van der Waals surface area contributed by atoms with E-state index in [4.69, 9.17) is 4.74 Å². The van der Waals surface area contributed by atoms with Crippen molar-refractivity contribution in [1.82, 2.24) is 4.98 Å². The number of hydrogen-bond acceptors (Lipinski definition) is 3. The summed E-state index contributed by atoms with van der Waals surface area (Å²) in [4.78, 5) is 4.17. The third kappa shape index (κ3) is 2.79. The van der Waals surface area contributed by atoms with Gasteiger partial charge in [0.05, 0.1) is 11.2 Å². The standard InChI is InChI=1S/C11H10BrNOS/c1-8-2-3-9(12)4-11(8)14-5-10-6-15-7-13-10/h2-4,6-7H,5H2,1H3. The van der Waals surface area contributed by atoms with Gasteiger partial charge in [0.2, 0.25) is 0 Å². The Morgan fingerprint density at radius 3 is 3.07 bits per heavy atom. The highest BCUT2D eigenvalue weighted by atomic mass is 79.9. The van der Waals surface area contributed by atoms with Crippen molar-refractivity contribution in [2.75, 3.05) is 0 Å². The summed E-state index contributed by atoms with van der Waals surface area (Å²) in [7, 11) is 0. The lowest BCUT2D eigenvalue weighted by Crippen LogP contribution is -1.96. The highest BCUT2D eigenvalue weighted by Crippen LogP contribution is 2.23. The van der Waals surface area contributed by atoms with Crippen LogP contribution in [0, 0.1) is 6.92 Å². The highest BCUT2D eigenvalue weighted by molar-refractivity contribution is 9.10. The molecule has 0 unspecified atom stereocenters. The van der Waals surface area contributed by atoms with Crippen molar-refractivity contribution < 1.29 is 4.74 Å². The van der Waals surface area contributed by atoms with E-state index >= 15 is 0 Å². The van der Waals surface area contributed by atoms with E-state index in [2.05, 4.69) is 20.9 Å². The molecular formula is C11H10BrNOS. The quantitative estimate of drug-likeness (QED) is 0.855. The lowest BCUT2D eigenvalue weighted by molar-refractivity contribution is 0.300. The van der Waals surface area contributed by atoms with Crippen molar-refractivity contribution in [1.29, 1.82) is 0 Å². The number of aromatic nitrogens is 1. The fraction of sp³-hybridized carbons (Fsp3) is 0.182. The summed E-state index contributed by atoms with van der Waals surface area (Å²) in [6, 6.07) is 6.01. The molecule has 2 nitrogen and oxygen atoms in total. The summed E-state index contributed by atoms with van der Waals surface area (Å²) in [6.07, 6.45) is 0. The van der Waals surface area contributed by atoms with Crippen molar-refractivity contribution in [3.63, 3.8) is 0 Å². The fourth-order valence-corrected chi connectivity index (χ4v) is 2.07. The van der Waals surface area contributed by atoms with Crippen molar-refractivity contribution >= 4 is 27.3 Å². The number of thiazole rings is 1. The number of hydrogen-bond donors (Lipinski definition) is 0. The number of nitrogens with zero attached hydrogens (tertiary/aromatic N) is 1. The lowest BCUT2D eigenvalue weighted by atomic mass is 10.2. The van der Waals surface area contributed by atoms with Gasteiger partial charge in [0.1, 0.15) is 12.4 Å². The topological polar surface area (TPSA) is 22.1 Å². The van der Waals surface area contributed by atoms with Crippen molar-refractivity contribution in [3.8, 4) is 5.75 Å². The smallest absolute Gasteiger partial charge is 0.131 e. The van der Waals surface area contributed by atoms with Crippen LogP contribution in [0.3, 0.4) is 0 Å². The first-order chi connectivity index (χ1) is 7.25. The van der Waals surface area contributed by atoms with Gasteiger partial charge in [-0.1, -0.05) is 22.0 Å². The summed E-state index contributed by atoms with van der Waals surface area (Å²) in [5.74, 6) is 0.900. The number of halogens is 1. The summed E-state index contributed by atoms with van der Waals surface area (Å²) >= 11 is 5.00. The Kier molecular flexibility index (Phi) is 3.38. The lowest BCUT2D eigenvalue weighted by Gasteiger charge is -2.07.